The van der Waals surface area contributed by atoms with Crippen molar-refractivity contribution in [2.75, 3.05) is 78.7 Å². The Labute approximate surface area is 842 Å². The molecule has 820 valence electrons. The Morgan fingerprint density at radius 1 is 0.222 bits per heavy atom. The fraction of sp³-hybridized carbons (Fsp3) is 0.719. The third kappa shape index (κ3) is 64.9. The van der Waals surface area contributed by atoms with E-state index in [0.717, 1.165) is 0 Å². The van der Waals surface area contributed by atoms with Crippen LogP contribution in [0.15, 0.2) is 44.9 Å². The molecule has 0 aromatic heterocycles. The highest BCUT2D eigenvalue weighted by Gasteiger charge is 2.38. The van der Waals surface area contributed by atoms with Crippen molar-refractivity contribution in [3.63, 3.8) is 0 Å². The molecule has 0 fully saturated rings. The number of nitrogens with one attached hydrogen (secondary N) is 7. The summed E-state index contributed by atoms with van der Waals surface area (Å²) in [7, 11) is 0. The van der Waals surface area contributed by atoms with Gasteiger partial charge < -0.3 is 167 Å². The van der Waals surface area contributed by atoms with E-state index in [0.29, 0.717) is 51.4 Å². The van der Waals surface area contributed by atoms with Crippen molar-refractivity contribution in [2.45, 2.75) is 278 Å². The zero-order valence-electron chi connectivity index (χ0n) is 85.3. The number of rotatable bonds is 76. The Bertz CT molecular complexity index is 4120. The van der Waals surface area contributed by atoms with Crippen LogP contribution in [-0.4, -0.2) is 295 Å². The number of hydrogen-bond acceptors (Lipinski definition) is 30. The summed E-state index contributed by atoms with van der Waals surface area (Å²) in [6.07, 6.45) is 2.66. The topological polar surface area (TPSA) is 1050 Å². The number of ketones is 9. The maximum absolute atomic E-state index is 13.8. The number of nitrogens with zero attached hydrogens (tertiary/aromatic N) is 9. The van der Waals surface area contributed by atoms with Gasteiger partial charge in [-0.25, -0.2) is 0 Å². The summed E-state index contributed by atoms with van der Waals surface area (Å²) in [5.41, 5.74) is 109. The number of aliphatic hydroxyl groups is 3. The Morgan fingerprint density at radius 3 is 0.556 bits per heavy atom. The zero-order chi connectivity index (χ0) is 111. The maximum Gasteiger partial charge on any atom is 0.226 e. The van der Waals surface area contributed by atoms with Crippen LogP contribution >= 0.6 is 0 Å². The van der Waals surface area contributed by atoms with Crippen molar-refractivity contribution in [3.05, 3.63) is 0 Å². The lowest BCUT2D eigenvalue weighted by Gasteiger charge is -2.25. The molecular formula is C89H170N36O19. The number of nitrogens with two attached hydrogens (primary N) is 20. The first-order chi connectivity index (χ1) is 67.4. The van der Waals surface area contributed by atoms with Gasteiger partial charge in [-0.2, -0.15) is 0 Å². The van der Waals surface area contributed by atoms with Crippen LogP contribution in [0.25, 0.3) is 0 Å². The van der Waals surface area contributed by atoms with Gasteiger partial charge in [0.25, 0.3) is 0 Å². The van der Waals surface area contributed by atoms with Gasteiger partial charge in [0.2, 0.25) is 41.4 Å². The Hall–Kier alpha value is -13.4. The molecule has 0 aliphatic rings. The number of Topliss-reactive ketones (excluding diaryl/α,β-unsaturated/α-hetero) is 9. The van der Waals surface area contributed by atoms with Gasteiger partial charge in [-0.05, 0) is 154 Å². The Morgan fingerprint density at radius 2 is 0.389 bits per heavy atom. The van der Waals surface area contributed by atoms with Gasteiger partial charge >= 0.3 is 0 Å². The fourth-order valence-corrected chi connectivity index (χ4v) is 14.0. The second-order valence-corrected chi connectivity index (χ2v) is 36.0. The molecule has 0 rings (SSSR count). The molecular weight excluding hydrogens is 1880 g/mol. The zero-order valence-corrected chi connectivity index (χ0v) is 85.3. The van der Waals surface area contributed by atoms with Crippen molar-refractivity contribution in [3.8, 4) is 0 Å². The molecule has 0 unspecified atom stereocenters. The molecule has 0 aliphatic heterocycles. The van der Waals surface area contributed by atoms with Crippen LogP contribution in [0.4, 0.5) is 0 Å². The van der Waals surface area contributed by atoms with E-state index < -0.39 is 192 Å². The minimum Gasteiger partial charge on any atom is -0.396 e. The summed E-state index contributed by atoms with van der Waals surface area (Å²) in [6.45, 7) is 15.5. The lowest BCUT2D eigenvalue weighted by Crippen LogP contribution is -2.49. The maximum atomic E-state index is 13.8. The SMILES string of the molecule is CC(=O)N[C@H](C(=O)C[C@@H](CO)C(=O)N[C@@H](CCCN=C(N)N)C(=O)C[C@@H](CCCN=C(N)N)C(=O)N[C@@H](CCCN=C(N)N)C(C)=O)C(C)C.CC(=O)[C@H](CCCN=C(N)N)NC(=O)[C@H](CCCN=C(N)N)CC(=O)[C@H](CCCN=C(N)N)NC(=O)[C@H](CO)CC(=O)[C@@H](N)C(C)C.CC(=O)[C@H](CCCN=C(N)N)NC(=O)[C@H](CCCN=C(N)N)CC(=O)[C@H](CCCN=C(N)N)NC(=O)[C@H](CO)CC(=O)[C@@H](N)C(C)C. The third-order valence-corrected chi connectivity index (χ3v) is 22.3. The average Bonchev–Trinajstić information content (AvgIpc) is 0.873. The van der Waals surface area contributed by atoms with Crippen LogP contribution in [0.3, 0.4) is 0 Å². The van der Waals surface area contributed by atoms with E-state index in [1.807, 2.05) is 0 Å². The summed E-state index contributed by atoms with van der Waals surface area (Å²) < 4.78 is 0. The molecule has 0 saturated carbocycles. The number of carbonyl (C=O) groups excluding carboxylic acids is 16. The van der Waals surface area contributed by atoms with Crippen LogP contribution in [0, 0.1) is 53.3 Å². The monoisotopic (exact) mass is 2050 g/mol. The molecule has 0 saturated heterocycles. The van der Waals surface area contributed by atoms with E-state index in [1.165, 1.54) is 27.7 Å². The number of carbonyl (C=O) groups is 16. The first kappa shape index (κ1) is 135. The van der Waals surface area contributed by atoms with E-state index in [4.69, 9.17) is 115 Å². The lowest BCUT2D eigenvalue weighted by atomic mass is 9.90. The number of amides is 7. The number of hydrogen-bond donors (Lipinski definition) is 30. The minimum absolute atomic E-state index is 0.0666. The van der Waals surface area contributed by atoms with Crippen LogP contribution in [0.2, 0.25) is 0 Å². The predicted octanol–water partition coefficient (Wildman–Crippen LogP) is -9.33. The Balaban J connectivity index is -0.00000207. The van der Waals surface area contributed by atoms with Crippen LogP contribution < -0.4 is 152 Å². The molecule has 15 atom stereocenters. The smallest absolute Gasteiger partial charge is 0.226 e. The second kappa shape index (κ2) is 76.3. The molecule has 0 aromatic carbocycles. The van der Waals surface area contributed by atoms with E-state index in [2.05, 4.69) is 82.1 Å². The van der Waals surface area contributed by atoms with E-state index in [9.17, 15) is 92.0 Å². The summed E-state index contributed by atoms with van der Waals surface area (Å²) in [5.74, 6) is -16.0. The molecule has 0 aromatic rings. The highest BCUT2D eigenvalue weighted by atomic mass is 16.3. The van der Waals surface area contributed by atoms with Crippen LogP contribution in [0.1, 0.15) is 223 Å². The lowest BCUT2D eigenvalue weighted by molar-refractivity contribution is -0.136. The normalized spacial score (nSPS) is 14.0. The molecule has 0 radical (unpaired) electrons. The quantitative estimate of drug-likeness (QED) is 0.0153. The van der Waals surface area contributed by atoms with Gasteiger partial charge in [-0.1, -0.05) is 41.5 Å². The predicted molar refractivity (Wildman–Crippen MR) is 551 cm³/mol. The minimum atomic E-state index is -1.22. The van der Waals surface area contributed by atoms with Gasteiger partial charge in [-0.15, -0.1) is 0 Å². The first-order valence-corrected chi connectivity index (χ1v) is 48.0. The van der Waals surface area contributed by atoms with Gasteiger partial charge in [0, 0.05) is 122 Å². The van der Waals surface area contributed by atoms with Crippen LogP contribution in [-0.2, 0) is 76.7 Å². The standard InChI is InChI=1S/C31H58N12O7.2C29H56N12O6/c1-17(2)26(41-19(4)46)25(48)15-21(16-44)28(50)43-23(10-7-13-40-31(36)37)24(47)14-20(8-5-11-38-29(32)33)27(49)42-22(18(3)45)9-6-12-39-30(34)35;2*1-16(2)24(30)23(45)14-19(15-42)26(47)41-21(9-6-12-39-29(35)36)22(44)13-18(7-4-10-37-27(31)32)25(46)40-20(17(3)43)8-5-11-38-28(33)34/h17,20-23,26,44H,5-16H2,1-4H3,(H,41,46)(H,42,49)(H,43,50)(H4,32,33,38)(H4,34,35,39)(H4,36,37,40);2*16,18-21,24,42H,4-15,30H2,1-3H3,(H,40,46)(H,41,47)(H4,31,32,37)(H4,33,34,38)(H4,35,36,39)/t20-,21+,22+,23+,26+;2*18-,19+,20+,21+,24+/m111/s1. The number of guanidine groups is 9. The summed E-state index contributed by atoms with van der Waals surface area (Å²) in [5, 5.41) is 48.4. The van der Waals surface area contributed by atoms with Crippen molar-refractivity contribution in [2.24, 2.45) is 213 Å². The largest absolute Gasteiger partial charge is 0.396 e. The van der Waals surface area contributed by atoms with E-state index >= 15 is 0 Å². The third-order valence-electron chi connectivity index (χ3n) is 22.3. The molecule has 55 heteroatoms. The first-order valence-electron chi connectivity index (χ1n) is 48.0. The van der Waals surface area contributed by atoms with Crippen molar-refractivity contribution >= 4 is 147 Å². The highest BCUT2D eigenvalue weighted by molar-refractivity contribution is 6.00. The van der Waals surface area contributed by atoms with E-state index in [-0.39, 0.29) is 244 Å². The van der Waals surface area contributed by atoms with Gasteiger partial charge in [0.05, 0.1) is 92.0 Å². The molecule has 7 amide bonds. The molecule has 0 aliphatic carbocycles. The van der Waals surface area contributed by atoms with Gasteiger partial charge in [-0.3, -0.25) is 122 Å². The number of aliphatic imine (C=N–C) groups is 9. The van der Waals surface area contributed by atoms with Crippen molar-refractivity contribution in [1.29, 1.82) is 0 Å². The van der Waals surface area contributed by atoms with Crippen molar-refractivity contribution in [1.82, 2.24) is 37.2 Å². The molecule has 0 spiro atoms. The fourth-order valence-electron chi connectivity index (χ4n) is 14.0. The molecule has 0 heterocycles. The average molecular weight is 2050 g/mol. The summed E-state index contributed by atoms with van der Waals surface area (Å²) >= 11 is 0. The van der Waals surface area contributed by atoms with Crippen LogP contribution in [0.5, 0.6) is 0 Å². The molecule has 144 heavy (non-hydrogen) atoms. The number of aliphatic hydroxyl groups excluding tert-OH is 3. The van der Waals surface area contributed by atoms with Crippen molar-refractivity contribution < 1.29 is 92.0 Å². The summed E-state index contributed by atoms with van der Waals surface area (Å²) in [4.78, 5) is 243. The highest BCUT2D eigenvalue weighted by Crippen LogP contribution is 2.24. The van der Waals surface area contributed by atoms with E-state index in [1.54, 1.807) is 41.5 Å². The van der Waals surface area contributed by atoms with Gasteiger partial charge in [0.1, 0.15) is 0 Å². The van der Waals surface area contributed by atoms with Gasteiger partial charge in [0.15, 0.2) is 106 Å². The second-order valence-electron chi connectivity index (χ2n) is 36.0. The summed E-state index contributed by atoms with van der Waals surface area (Å²) in [6, 6.07) is -8.42. The molecule has 0 bridgehead atoms. The Kier molecular flexibility index (Phi) is 71.3. The molecule has 55 nitrogen and oxygen atoms in total. The molecule has 50 N–H and O–H groups in total.